The van der Waals surface area contributed by atoms with Gasteiger partial charge in [-0.15, -0.1) is 11.6 Å². The Kier molecular flexibility index (Phi) is 3.59. The van der Waals surface area contributed by atoms with Crippen LogP contribution in [0.2, 0.25) is 5.02 Å². The molecule has 2 nitrogen and oxygen atoms in total. The molecule has 1 aliphatic heterocycles. The zero-order chi connectivity index (χ0) is 15.1. The van der Waals surface area contributed by atoms with Crippen LogP contribution in [0.3, 0.4) is 0 Å². The summed E-state index contributed by atoms with van der Waals surface area (Å²) < 4.78 is 26.8. The second-order valence-electron chi connectivity index (χ2n) is 4.78. The lowest BCUT2D eigenvalue weighted by Gasteiger charge is -2.14. The van der Waals surface area contributed by atoms with Gasteiger partial charge in [-0.05, 0) is 29.3 Å². The third-order valence-electron chi connectivity index (χ3n) is 3.36. The van der Waals surface area contributed by atoms with Gasteiger partial charge in [-0.25, -0.2) is 8.78 Å². The number of nitrogens with one attached hydrogen (secondary N) is 1. The van der Waals surface area contributed by atoms with Crippen molar-refractivity contribution in [3.8, 4) is 0 Å². The third-order valence-corrected chi connectivity index (χ3v) is 4.15. The van der Waals surface area contributed by atoms with Crippen LogP contribution in [0.25, 0.3) is 0 Å². The summed E-state index contributed by atoms with van der Waals surface area (Å²) in [5.41, 5.74) is 2.01. The average molecular weight is 328 g/mol. The topological polar surface area (TPSA) is 29.1 Å². The lowest BCUT2D eigenvalue weighted by atomic mass is 10.0. The van der Waals surface area contributed by atoms with Gasteiger partial charge >= 0.3 is 0 Å². The molecule has 2 aromatic rings. The maximum atomic E-state index is 13.8. The zero-order valence-electron chi connectivity index (χ0n) is 10.6. The van der Waals surface area contributed by atoms with Crippen LogP contribution < -0.4 is 5.32 Å². The van der Waals surface area contributed by atoms with Crippen molar-refractivity contribution in [1.29, 1.82) is 0 Å². The van der Waals surface area contributed by atoms with Crippen LogP contribution >= 0.6 is 23.2 Å². The normalized spacial score (nSPS) is 14.8. The highest BCUT2D eigenvalue weighted by Crippen LogP contribution is 2.39. The smallest absolute Gasteiger partial charge is 0.228 e. The molecule has 0 saturated carbocycles. The molecule has 0 radical (unpaired) electrons. The van der Waals surface area contributed by atoms with E-state index < -0.39 is 17.0 Å². The van der Waals surface area contributed by atoms with E-state index in [-0.39, 0.29) is 17.9 Å². The molecule has 1 amide bonds. The van der Waals surface area contributed by atoms with Crippen molar-refractivity contribution < 1.29 is 13.6 Å². The Morgan fingerprint density at radius 1 is 1.14 bits per heavy atom. The first-order chi connectivity index (χ1) is 9.95. The van der Waals surface area contributed by atoms with Gasteiger partial charge in [0.15, 0.2) is 0 Å². The molecule has 1 aliphatic rings. The van der Waals surface area contributed by atoms with Crippen LogP contribution in [0.5, 0.6) is 0 Å². The monoisotopic (exact) mass is 327 g/mol. The van der Waals surface area contributed by atoms with Crippen LogP contribution in [0, 0.1) is 11.6 Å². The standard InChI is InChI=1S/C15H9Cl2F2NO/c16-11-6-13-7(4-14(21)20-13)3-10(11)15(17)9-2-1-8(18)5-12(9)19/h1-3,5-6,15H,4H2,(H,20,21). The maximum Gasteiger partial charge on any atom is 0.228 e. The number of alkyl halides is 1. The van der Waals surface area contributed by atoms with Gasteiger partial charge in [0.1, 0.15) is 11.6 Å². The molecule has 0 spiro atoms. The highest BCUT2D eigenvalue weighted by Gasteiger charge is 2.24. The van der Waals surface area contributed by atoms with Gasteiger partial charge in [-0.3, -0.25) is 4.79 Å². The van der Waals surface area contributed by atoms with Crippen LogP contribution in [0.1, 0.15) is 22.1 Å². The Morgan fingerprint density at radius 2 is 1.90 bits per heavy atom. The minimum atomic E-state index is -0.862. The zero-order valence-corrected chi connectivity index (χ0v) is 12.1. The van der Waals surface area contributed by atoms with Gasteiger partial charge in [0, 0.05) is 22.3 Å². The molecular formula is C15H9Cl2F2NO. The van der Waals surface area contributed by atoms with Crippen molar-refractivity contribution in [2.24, 2.45) is 0 Å². The number of amides is 1. The minimum Gasteiger partial charge on any atom is -0.325 e. The van der Waals surface area contributed by atoms with Gasteiger partial charge in [-0.1, -0.05) is 17.7 Å². The number of halogens is 4. The van der Waals surface area contributed by atoms with Crippen molar-refractivity contribution in [3.63, 3.8) is 0 Å². The molecule has 1 heterocycles. The van der Waals surface area contributed by atoms with E-state index in [9.17, 15) is 13.6 Å². The lowest BCUT2D eigenvalue weighted by Crippen LogP contribution is -2.03. The molecule has 1 atom stereocenters. The molecule has 0 bridgehead atoms. The van der Waals surface area contributed by atoms with Gasteiger partial charge < -0.3 is 5.32 Å². The average Bonchev–Trinajstić information content (AvgIpc) is 2.76. The molecule has 3 rings (SSSR count). The Balaban J connectivity index is 2.04. The largest absolute Gasteiger partial charge is 0.325 e. The fourth-order valence-corrected chi connectivity index (χ4v) is 3.02. The van der Waals surface area contributed by atoms with E-state index in [1.54, 1.807) is 12.1 Å². The molecule has 0 aromatic heterocycles. The summed E-state index contributed by atoms with van der Waals surface area (Å²) in [7, 11) is 0. The van der Waals surface area contributed by atoms with Gasteiger partial charge in [-0.2, -0.15) is 0 Å². The summed E-state index contributed by atoms with van der Waals surface area (Å²) >= 11 is 12.4. The summed E-state index contributed by atoms with van der Waals surface area (Å²) in [4.78, 5) is 11.4. The quantitative estimate of drug-likeness (QED) is 0.811. The first kappa shape index (κ1) is 14.3. The maximum absolute atomic E-state index is 13.8. The first-order valence-corrected chi connectivity index (χ1v) is 6.98. The van der Waals surface area contributed by atoms with E-state index in [2.05, 4.69) is 5.32 Å². The van der Waals surface area contributed by atoms with E-state index in [4.69, 9.17) is 23.2 Å². The van der Waals surface area contributed by atoms with Crippen molar-refractivity contribution >= 4 is 34.8 Å². The van der Waals surface area contributed by atoms with E-state index in [0.29, 0.717) is 16.3 Å². The Hall–Kier alpha value is -1.65. The predicted octanol–water partition coefficient (Wildman–Crippen LogP) is 4.44. The van der Waals surface area contributed by atoms with Gasteiger partial charge in [0.05, 0.1) is 11.8 Å². The molecule has 108 valence electrons. The van der Waals surface area contributed by atoms with Crippen LogP contribution in [-0.2, 0) is 11.2 Å². The Morgan fingerprint density at radius 3 is 2.62 bits per heavy atom. The van der Waals surface area contributed by atoms with Crippen molar-refractivity contribution in [3.05, 3.63) is 63.7 Å². The van der Waals surface area contributed by atoms with E-state index >= 15 is 0 Å². The number of fused-ring (bicyclic) bond motifs is 1. The molecule has 21 heavy (non-hydrogen) atoms. The highest BCUT2D eigenvalue weighted by molar-refractivity contribution is 6.33. The molecular weight excluding hydrogens is 319 g/mol. The molecule has 0 aliphatic carbocycles. The Labute approximate surface area is 129 Å². The third kappa shape index (κ3) is 2.61. The number of rotatable bonds is 2. The first-order valence-electron chi connectivity index (χ1n) is 6.17. The molecule has 2 aromatic carbocycles. The summed E-state index contributed by atoms with van der Waals surface area (Å²) in [6.45, 7) is 0. The fourth-order valence-electron chi connectivity index (χ4n) is 2.34. The van der Waals surface area contributed by atoms with Crippen LogP contribution in [-0.4, -0.2) is 5.91 Å². The van der Waals surface area contributed by atoms with E-state index in [1.807, 2.05) is 0 Å². The number of hydrogen-bond acceptors (Lipinski definition) is 1. The SMILES string of the molecule is O=C1Cc2cc(C(Cl)c3ccc(F)cc3F)c(Cl)cc2N1. The number of carbonyl (C=O) groups is 1. The second-order valence-corrected chi connectivity index (χ2v) is 5.63. The van der Waals surface area contributed by atoms with E-state index in [0.717, 1.165) is 17.7 Å². The highest BCUT2D eigenvalue weighted by atomic mass is 35.5. The summed E-state index contributed by atoms with van der Waals surface area (Å²) in [6, 6.07) is 6.47. The Bertz CT molecular complexity index is 749. The molecule has 0 saturated heterocycles. The van der Waals surface area contributed by atoms with Crippen molar-refractivity contribution in [1.82, 2.24) is 0 Å². The van der Waals surface area contributed by atoms with Gasteiger partial charge in [0.25, 0.3) is 0 Å². The lowest BCUT2D eigenvalue weighted by molar-refractivity contribution is -0.115. The summed E-state index contributed by atoms with van der Waals surface area (Å²) in [6.07, 6.45) is 0.231. The fraction of sp³-hybridized carbons (Fsp3) is 0.133. The summed E-state index contributed by atoms with van der Waals surface area (Å²) in [5, 5.41) is 2.13. The number of benzene rings is 2. The minimum absolute atomic E-state index is 0.127. The summed E-state index contributed by atoms with van der Waals surface area (Å²) in [5.74, 6) is -1.53. The van der Waals surface area contributed by atoms with Crippen LogP contribution in [0.15, 0.2) is 30.3 Å². The van der Waals surface area contributed by atoms with E-state index in [1.165, 1.54) is 6.07 Å². The molecule has 0 fully saturated rings. The molecule has 1 N–H and O–H groups in total. The second kappa shape index (κ2) is 5.28. The van der Waals surface area contributed by atoms with Gasteiger partial charge in [0.2, 0.25) is 5.91 Å². The van der Waals surface area contributed by atoms with Crippen molar-refractivity contribution in [2.75, 3.05) is 5.32 Å². The number of carbonyl (C=O) groups excluding carboxylic acids is 1. The molecule has 6 heteroatoms. The number of anilines is 1. The van der Waals surface area contributed by atoms with Crippen LogP contribution in [0.4, 0.5) is 14.5 Å². The number of hydrogen-bond donors (Lipinski definition) is 1. The predicted molar refractivity (Wildman–Crippen MR) is 77.8 cm³/mol. The molecule has 1 unspecified atom stereocenters. The van der Waals surface area contributed by atoms with Crippen molar-refractivity contribution in [2.45, 2.75) is 11.8 Å².